The smallest absolute Gasteiger partial charge is 0.269 e. The number of rotatable bonds is 4. The molecule has 1 atom stereocenters. The molecule has 1 aromatic carbocycles. The van der Waals surface area contributed by atoms with Gasteiger partial charge in [-0.1, -0.05) is 0 Å². The van der Waals surface area contributed by atoms with Crippen LogP contribution in [-0.4, -0.2) is 35.8 Å². The SMILES string of the molecule is Fc1ccc(Nc2ncccn2)cc1C1(C(F)F)COCC=N1. The van der Waals surface area contributed by atoms with Crippen LogP contribution in [0.3, 0.4) is 0 Å². The molecule has 0 aliphatic carbocycles. The summed E-state index contributed by atoms with van der Waals surface area (Å²) in [5.74, 6) is -0.493. The minimum atomic E-state index is -2.91. The van der Waals surface area contributed by atoms with Crippen molar-refractivity contribution in [2.75, 3.05) is 18.5 Å². The van der Waals surface area contributed by atoms with Gasteiger partial charge in [0.15, 0.2) is 5.54 Å². The summed E-state index contributed by atoms with van der Waals surface area (Å²) < 4.78 is 46.4. The van der Waals surface area contributed by atoms with Gasteiger partial charge in [-0.25, -0.2) is 23.1 Å². The third kappa shape index (κ3) is 3.02. The van der Waals surface area contributed by atoms with Crippen LogP contribution in [0.4, 0.5) is 24.8 Å². The minimum Gasteiger partial charge on any atom is -0.373 e. The van der Waals surface area contributed by atoms with E-state index in [1.807, 2.05) is 0 Å². The number of benzene rings is 1. The average Bonchev–Trinajstić information content (AvgIpc) is 2.58. The predicted octanol–water partition coefficient (Wildman–Crippen LogP) is 2.92. The third-order valence-electron chi connectivity index (χ3n) is 3.45. The molecule has 1 aromatic heterocycles. The molecular weight excluding hydrogens is 309 g/mol. The maximum Gasteiger partial charge on any atom is 0.269 e. The van der Waals surface area contributed by atoms with Gasteiger partial charge in [-0.15, -0.1) is 0 Å². The summed E-state index contributed by atoms with van der Waals surface area (Å²) >= 11 is 0. The van der Waals surface area contributed by atoms with Crippen LogP contribution in [0.2, 0.25) is 0 Å². The van der Waals surface area contributed by atoms with Crippen LogP contribution in [0.1, 0.15) is 5.56 Å². The van der Waals surface area contributed by atoms with E-state index in [9.17, 15) is 13.2 Å². The van der Waals surface area contributed by atoms with Gasteiger partial charge in [-0.05, 0) is 24.3 Å². The van der Waals surface area contributed by atoms with Gasteiger partial charge in [0.2, 0.25) is 5.95 Å². The van der Waals surface area contributed by atoms with Gasteiger partial charge >= 0.3 is 0 Å². The van der Waals surface area contributed by atoms with Crippen LogP contribution < -0.4 is 5.32 Å². The molecule has 0 spiro atoms. The van der Waals surface area contributed by atoms with Crippen molar-refractivity contribution in [3.63, 3.8) is 0 Å². The maximum absolute atomic E-state index is 14.2. The molecule has 120 valence electrons. The van der Waals surface area contributed by atoms with Gasteiger partial charge in [0, 0.05) is 29.9 Å². The molecule has 0 radical (unpaired) electrons. The number of alkyl halides is 2. The number of halogens is 3. The summed E-state index contributed by atoms with van der Waals surface area (Å²) in [5.41, 5.74) is -1.89. The molecule has 1 N–H and O–H groups in total. The molecule has 0 fully saturated rings. The predicted molar refractivity (Wildman–Crippen MR) is 78.7 cm³/mol. The first kappa shape index (κ1) is 15.4. The number of nitrogens with one attached hydrogen (secondary N) is 1. The zero-order valence-electron chi connectivity index (χ0n) is 11.9. The Bertz CT molecular complexity index is 711. The van der Waals surface area contributed by atoms with Crippen LogP contribution >= 0.6 is 0 Å². The normalized spacial score (nSPS) is 20.7. The molecule has 2 heterocycles. The quantitative estimate of drug-likeness (QED) is 0.940. The molecule has 1 unspecified atom stereocenters. The van der Waals surface area contributed by atoms with Crippen molar-refractivity contribution < 1.29 is 17.9 Å². The van der Waals surface area contributed by atoms with Crippen molar-refractivity contribution in [1.29, 1.82) is 0 Å². The second-order valence-corrected chi connectivity index (χ2v) is 4.94. The van der Waals surface area contributed by atoms with Crippen LogP contribution in [-0.2, 0) is 10.3 Å². The summed E-state index contributed by atoms with van der Waals surface area (Å²) in [4.78, 5) is 11.8. The van der Waals surface area contributed by atoms with Crippen molar-refractivity contribution in [3.05, 3.63) is 48.0 Å². The fourth-order valence-corrected chi connectivity index (χ4v) is 2.32. The number of hydrogen-bond acceptors (Lipinski definition) is 5. The summed E-state index contributed by atoms with van der Waals surface area (Å²) in [7, 11) is 0. The van der Waals surface area contributed by atoms with Gasteiger partial charge < -0.3 is 10.1 Å². The van der Waals surface area contributed by atoms with E-state index >= 15 is 0 Å². The topological polar surface area (TPSA) is 59.4 Å². The molecule has 1 aliphatic rings. The summed E-state index contributed by atoms with van der Waals surface area (Å²) in [5, 5.41) is 2.84. The lowest BCUT2D eigenvalue weighted by atomic mass is 9.90. The summed E-state index contributed by atoms with van der Waals surface area (Å²) in [6, 6.07) is 5.45. The molecule has 0 saturated carbocycles. The molecular formula is C15H13F3N4O. The standard InChI is InChI=1S/C15H13F3N4O/c16-12-3-2-10(22-14-19-4-1-5-20-14)8-11(12)15(13(17)18)9-23-7-6-21-15/h1-6,8,13H,7,9H2,(H,19,20,22). The average molecular weight is 322 g/mol. The monoisotopic (exact) mass is 322 g/mol. The zero-order chi connectivity index (χ0) is 16.3. The van der Waals surface area contributed by atoms with E-state index in [1.54, 1.807) is 6.07 Å². The highest BCUT2D eigenvalue weighted by atomic mass is 19.3. The Hall–Kier alpha value is -2.48. The van der Waals surface area contributed by atoms with Crippen LogP contribution in [0.25, 0.3) is 0 Å². The Morgan fingerprint density at radius 1 is 1.22 bits per heavy atom. The molecule has 3 rings (SSSR count). The summed E-state index contributed by atoms with van der Waals surface area (Å²) in [6.45, 7) is -0.255. The van der Waals surface area contributed by atoms with E-state index in [4.69, 9.17) is 4.74 Å². The number of hydrogen-bond donors (Lipinski definition) is 1. The largest absolute Gasteiger partial charge is 0.373 e. The van der Waals surface area contributed by atoms with Crippen molar-refractivity contribution in [2.45, 2.75) is 12.0 Å². The molecule has 0 bridgehead atoms. The van der Waals surface area contributed by atoms with Crippen molar-refractivity contribution in [1.82, 2.24) is 9.97 Å². The second-order valence-electron chi connectivity index (χ2n) is 4.94. The number of anilines is 2. The fourth-order valence-electron chi connectivity index (χ4n) is 2.32. The van der Waals surface area contributed by atoms with Crippen molar-refractivity contribution in [2.24, 2.45) is 4.99 Å². The number of ether oxygens (including phenoxy) is 1. The highest BCUT2D eigenvalue weighted by Gasteiger charge is 2.45. The number of aromatic nitrogens is 2. The highest BCUT2D eigenvalue weighted by molar-refractivity contribution is 5.62. The van der Waals surface area contributed by atoms with Crippen molar-refractivity contribution in [3.8, 4) is 0 Å². The van der Waals surface area contributed by atoms with Gasteiger partial charge in [0.1, 0.15) is 5.82 Å². The lowest BCUT2D eigenvalue weighted by Gasteiger charge is -2.32. The maximum atomic E-state index is 14.2. The Morgan fingerprint density at radius 3 is 2.65 bits per heavy atom. The second kappa shape index (κ2) is 6.33. The van der Waals surface area contributed by atoms with E-state index in [1.165, 1.54) is 30.7 Å². The fraction of sp³-hybridized carbons (Fsp3) is 0.267. The van der Waals surface area contributed by atoms with Gasteiger partial charge in [-0.3, -0.25) is 4.99 Å². The Balaban J connectivity index is 2.00. The molecule has 1 aliphatic heterocycles. The lowest BCUT2D eigenvalue weighted by Crippen LogP contribution is -2.41. The van der Waals surface area contributed by atoms with Gasteiger partial charge in [0.05, 0.1) is 13.2 Å². The molecule has 0 saturated heterocycles. The molecule has 2 aromatic rings. The first-order valence-corrected chi connectivity index (χ1v) is 6.85. The van der Waals surface area contributed by atoms with E-state index in [-0.39, 0.29) is 24.7 Å². The molecule has 5 nitrogen and oxygen atoms in total. The minimum absolute atomic E-state index is 0.131. The van der Waals surface area contributed by atoms with Crippen LogP contribution in [0.15, 0.2) is 41.7 Å². The Labute approximate surface area is 130 Å². The Kier molecular flexibility index (Phi) is 4.24. The van der Waals surface area contributed by atoms with Gasteiger partial charge in [0.25, 0.3) is 6.43 Å². The number of nitrogens with zero attached hydrogens (tertiary/aromatic N) is 3. The first-order valence-electron chi connectivity index (χ1n) is 6.85. The van der Waals surface area contributed by atoms with Crippen LogP contribution in [0, 0.1) is 5.82 Å². The highest BCUT2D eigenvalue weighted by Crippen LogP contribution is 2.37. The van der Waals surface area contributed by atoms with E-state index in [0.717, 1.165) is 6.07 Å². The molecule has 8 heteroatoms. The lowest BCUT2D eigenvalue weighted by molar-refractivity contribution is -0.0126. The Morgan fingerprint density at radius 2 is 2.00 bits per heavy atom. The zero-order valence-corrected chi connectivity index (χ0v) is 11.9. The van der Waals surface area contributed by atoms with Crippen LogP contribution in [0.5, 0.6) is 0 Å². The van der Waals surface area contributed by atoms with Gasteiger partial charge in [-0.2, -0.15) is 0 Å². The van der Waals surface area contributed by atoms with E-state index < -0.39 is 17.8 Å². The van der Waals surface area contributed by atoms with E-state index in [0.29, 0.717) is 5.69 Å². The number of aliphatic imine (C=N–C) groups is 1. The third-order valence-corrected chi connectivity index (χ3v) is 3.45. The summed E-state index contributed by atoms with van der Waals surface area (Å²) in [6.07, 6.45) is 1.38. The molecule has 23 heavy (non-hydrogen) atoms. The molecule has 0 amide bonds. The van der Waals surface area contributed by atoms with E-state index in [2.05, 4.69) is 20.3 Å². The van der Waals surface area contributed by atoms with Crippen molar-refractivity contribution >= 4 is 17.9 Å². The first-order chi connectivity index (χ1) is 11.1.